The molecule has 5 nitrogen and oxygen atoms in total. The van der Waals surface area contributed by atoms with E-state index in [1.54, 1.807) is 10.6 Å². The predicted molar refractivity (Wildman–Crippen MR) is 61.3 cm³/mol. The molecule has 0 atom stereocenters. The van der Waals surface area contributed by atoms with Crippen LogP contribution in [0.15, 0.2) is 24.4 Å². The molecule has 5 heteroatoms. The van der Waals surface area contributed by atoms with Crippen molar-refractivity contribution in [1.82, 2.24) is 14.8 Å². The SMILES string of the molecule is CCc1cc(NC(=O)c2cccn2C)n[nH]1. The number of hydrogen-bond donors (Lipinski definition) is 2. The Balaban J connectivity index is 2.11. The maximum absolute atomic E-state index is 11.8. The summed E-state index contributed by atoms with van der Waals surface area (Å²) in [5.41, 5.74) is 1.61. The first-order valence-corrected chi connectivity index (χ1v) is 5.17. The molecule has 0 aliphatic carbocycles. The van der Waals surface area contributed by atoms with Crippen molar-refractivity contribution in [2.24, 2.45) is 7.05 Å². The van der Waals surface area contributed by atoms with Crippen molar-refractivity contribution in [3.05, 3.63) is 35.8 Å². The Hall–Kier alpha value is -2.04. The molecular weight excluding hydrogens is 204 g/mol. The average molecular weight is 218 g/mol. The lowest BCUT2D eigenvalue weighted by molar-refractivity contribution is 0.101. The summed E-state index contributed by atoms with van der Waals surface area (Å²) in [6.07, 6.45) is 2.70. The molecule has 0 aliphatic heterocycles. The first-order valence-electron chi connectivity index (χ1n) is 5.17. The van der Waals surface area contributed by atoms with E-state index in [0.717, 1.165) is 12.1 Å². The van der Waals surface area contributed by atoms with E-state index in [-0.39, 0.29) is 5.91 Å². The lowest BCUT2D eigenvalue weighted by Gasteiger charge is -2.02. The number of rotatable bonds is 3. The molecule has 16 heavy (non-hydrogen) atoms. The molecule has 2 rings (SSSR count). The summed E-state index contributed by atoms with van der Waals surface area (Å²) < 4.78 is 1.77. The molecule has 0 radical (unpaired) electrons. The van der Waals surface area contributed by atoms with Crippen molar-refractivity contribution in [3.63, 3.8) is 0 Å². The highest BCUT2D eigenvalue weighted by Crippen LogP contribution is 2.08. The van der Waals surface area contributed by atoms with Gasteiger partial charge in [0.15, 0.2) is 5.82 Å². The van der Waals surface area contributed by atoms with Gasteiger partial charge in [-0.2, -0.15) is 5.10 Å². The van der Waals surface area contributed by atoms with Crippen molar-refractivity contribution in [1.29, 1.82) is 0 Å². The van der Waals surface area contributed by atoms with Gasteiger partial charge in [-0.25, -0.2) is 0 Å². The number of carbonyl (C=O) groups is 1. The summed E-state index contributed by atoms with van der Waals surface area (Å²) in [6, 6.07) is 5.43. The van der Waals surface area contributed by atoms with Gasteiger partial charge in [-0.05, 0) is 18.6 Å². The number of hydrogen-bond acceptors (Lipinski definition) is 2. The fraction of sp³-hybridized carbons (Fsp3) is 0.273. The van der Waals surface area contributed by atoms with Gasteiger partial charge in [-0.1, -0.05) is 6.92 Å². The fourth-order valence-electron chi connectivity index (χ4n) is 1.48. The number of nitrogens with one attached hydrogen (secondary N) is 2. The molecule has 0 saturated heterocycles. The summed E-state index contributed by atoms with van der Waals surface area (Å²) in [5.74, 6) is 0.407. The van der Waals surface area contributed by atoms with E-state index in [4.69, 9.17) is 0 Å². The van der Waals surface area contributed by atoms with Crippen molar-refractivity contribution in [2.75, 3.05) is 5.32 Å². The molecule has 0 saturated carbocycles. The summed E-state index contributed by atoms with van der Waals surface area (Å²) in [6.45, 7) is 2.02. The molecule has 84 valence electrons. The molecule has 0 unspecified atom stereocenters. The first-order chi connectivity index (χ1) is 7.70. The van der Waals surface area contributed by atoms with Gasteiger partial charge in [0.1, 0.15) is 5.69 Å². The Bertz CT molecular complexity index is 498. The second-order valence-electron chi connectivity index (χ2n) is 3.59. The van der Waals surface area contributed by atoms with Crippen LogP contribution in [0.3, 0.4) is 0 Å². The minimum atomic E-state index is -0.151. The Labute approximate surface area is 93.5 Å². The Morgan fingerprint density at radius 2 is 2.44 bits per heavy atom. The average Bonchev–Trinajstić information content (AvgIpc) is 2.86. The minimum absolute atomic E-state index is 0.151. The third kappa shape index (κ3) is 1.98. The van der Waals surface area contributed by atoms with Crippen molar-refractivity contribution >= 4 is 11.7 Å². The summed E-state index contributed by atoms with van der Waals surface area (Å²) in [5, 5.41) is 9.59. The number of aromatic amines is 1. The highest BCUT2D eigenvalue weighted by Gasteiger charge is 2.10. The van der Waals surface area contributed by atoms with E-state index in [1.165, 1.54) is 0 Å². The van der Waals surface area contributed by atoms with Gasteiger partial charge >= 0.3 is 0 Å². The monoisotopic (exact) mass is 218 g/mol. The summed E-state index contributed by atoms with van der Waals surface area (Å²) >= 11 is 0. The van der Waals surface area contributed by atoms with Crippen LogP contribution in [-0.2, 0) is 13.5 Å². The number of aryl methyl sites for hydroxylation is 2. The van der Waals surface area contributed by atoms with Gasteiger partial charge < -0.3 is 9.88 Å². The Morgan fingerprint density at radius 1 is 1.62 bits per heavy atom. The van der Waals surface area contributed by atoms with Crippen LogP contribution in [0.5, 0.6) is 0 Å². The lowest BCUT2D eigenvalue weighted by atomic mass is 10.3. The van der Waals surface area contributed by atoms with Crippen LogP contribution in [0.25, 0.3) is 0 Å². The van der Waals surface area contributed by atoms with Gasteiger partial charge in [0, 0.05) is 25.0 Å². The number of aromatic nitrogens is 3. The zero-order valence-corrected chi connectivity index (χ0v) is 9.32. The van der Waals surface area contributed by atoms with Crippen LogP contribution in [-0.4, -0.2) is 20.7 Å². The van der Waals surface area contributed by atoms with Crippen LogP contribution in [0.1, 0.15) is 23.1 Å². The van der Waals surface area contributed by atoms with Gasteiger partial charge in [-0.3, -0.25) is 9.89 Å². The molecule has 0 aliphatic rings. The van der Waals surface area contributed by atoms with E-state index in [2.05, 4.69) is 15.5 Å². The molecule has 0 bridgehead atoms. The number of H-pyrrole nitrogens is 1. The second kappa shape index (κ2) is 4.22. The van der Waals surface area contributed by atoms with E-state index < -0.39 is 0 Å². The molecule has 2 heterocycles. The smallest absolute Gasteiger partial charge is 0.273 e. The molecule has 0 fully saturated rings. The summed E-state index contributed by atoms with van der Waals surface area (Å²) in [7, 11) is 1.83. The van der Waals surface area contributed by atoms with E-state index in [9.17, 15) is 4.79 Å². The summed E-state index contributed by atoms with van der Waals surface area (Å²) in [4.78, 5) is 11.8. The number of carbonyl (C=O) groups excluding carboxylic acids is 1. The zero-order chi connectivity index (χ0) is 11.5. The quantitative estimate of drug-likeness (QED) is 0.821. The number of anilines is 1. The standard InChI is InChI=1S/C11H14N4O/c1-3-8-7-10(14-13-8)12-11(16)9-5-4-6-15(9)2/h4-7H,3H2,1-2H3,(H2,12,13,14,16). The van der Waals surface area contributed by atoms with Crippen LogP contribution < -0.4 is 5.32 Å². The minimum Gasteiger partial charge on any atom is -0.347 e. The third-order valence-electron chi connectivity index (χ3n) is 2.43. The topological polar surface area (TPSA) is 62.7 Å². The normalized spacial score (nSPS) is 10.4. The number of nitrogens with zero attached hydrogens (tertiary/aromatic N) is 2. The fourth-order valence-corrected chi connectivity index (χ4v) is 1.48. The highest BCUT2D eigenvalue weighted by atomic mass is 16.2. The molecule has 0 spiro atoms. The molecular formula is C11H14N4O. The Kier molecular flexibility index (Phi) is 2.76. The maximum Gasteiger partial charge on any atom is 0.273 e. The van der Waals surface area contributed by atoms with Crippen molar-refractivity contribution < 1.29 is 4.79 Å². The largest absolute Gasteiger partial charge is 0.347 e. The number of amides is 1. The molecule has 2 N–H and O–H groups in total. The predicted octanol–water partition coefficient (Wildman–Crippen LogP) is 1.56. The molecule has 2 aromatic heterocycles. The highest BCUT2D eigenvalue weighted by molar-refractivity contribution is 6.02. The third-order valence-corrected chi connectivity index (χ3v) is 2.43. The Morgan fingerprint density at radius 3 is 3.00 bits per heavy atom. The zero-order valence-electron chi connectivity index (χ0n) is 9.32. The molecule has 0 aromatic carbocycles. The van der Waals surface area contributed by atoms with Gasteiger partial charge in [-0.15, -0.1) is 0 Å². The maximum atomic E-state index is 11.8. The van der Waals surface area contributed by atoms with E-state index in [0.29, 0.717) is 11.5 Å². The van der Waals surface area contributed by atoms with Crippen LogP contribution >= 0.6 is 0 Å². The van der Waals surface area contributed by atoms with Crippen LogP contribution in [0.2, 0.25) is 0 Å². The van der Waals surface area contributed by atoms with E-state index >= 15 is 0 Å². The lowest BCUT2D eigenvalue weighted by Crippen LogP contribution is -2.15. The van der Waals surface area contributed by atoms with Gasteiger partial charge in [0.2, 0.25) is 0 Å². The van der Waals surface area contributed by atoms with Crippen LogP contribution in [0, 0.1) is 0 Å². The van der Waals surface area contributed by atoms with Crippen molar-refractivity contribution in [2.45, 2.75) is 13.3 Å². The van der Waals surface area contributed by atoms with Crippen molar-refractivity contribution in [3.8, 4) is 0 Å². The molecule has 1 amide bonds. The van der Waals surface area contributed by atoms with E-state index in [1.807, 2.05) is 32.3 Å². The van der Waals surface area contributed by atoms with Gasteiger partial charge in [0.05, 0.1) is 0 Å². The first kappa shape index (κ1) is 10.5. The molecule has 2 aromatic rings. The second-order valence-corrected chi connectivity index (χ2v) is 3.59. The van der Waals surface area contributed by atoms with Crippen LogP contribution in [0.4, 0.5) is 5.82 Å². The van der Waals surface area contributed by atoms with Gasteiger partial charge in [0.25, 0.3) is 5.91 Å².